The first kappa shape index (κ1) is 12.7. The molecule has 3 heteroatoms. The predicted molar refractivity (Wildman–Crippen MR) is 74.3 cm³/mol. The fraction of sp³-hybridized carbons (Fsp3) is 0.133. The number of benzene rings is 2. The van der Waals surface area contributed by atoms with Crippen LogP contribution in [0.1, 0.15) is 15.9 Å². The Morgan fingerprint density at radius 2 is 1.78 bits per heavy atom. The topological polar surface area (TPSA) is 37.3 Å². The van der Waals surface area contributed by atoms with Gasteiger partial charge in [-0.25, -0.2) is 0 Å². The third-order valence-corrected chi connectivity index (χ3v) is 3.82. The van der Waals surface area contributed by atoms with Crippen LogP contribution in [-0.4, -0.2) is 16.6 Å². The van der Waals surface area contributed by atoms with Gasteiger partial charge in [0.05, 0.1) is 5.75 Å². The molecule has 2 aromatic rings. The molecule has 2 rings (SSSR count). The first-order valence-corrected chi connectivity index (χ1v) is 6.66. The molecule has 0 atom stereocenters. The fourth-order valence-electron chi connectivity index (χ4n) is 1.59. The first-order valence-electron chi connectivity index (χ1n) is 5.67. The molecule has 92 valence electrons. The van der Waals surface area contributed by atoms with Crippen molar-refractivity contribution in [2.75, 3.05) is 5.75 Å². The van der Waals surface area contributed by atoms with Gasteiger partial charge in [0.15, 0.2) is 5.78 Å². The van der Waals surface area contributed by atoms with Crippen LogP contribution in [0.25, 0.3) is 0 Å². The maximum atomic E-state index is 11.9. The van der Waals surface area contributed by atoms with Crippen LogP contribution in [0.15, 0.2) is 53.4 Å². The minimum absolute atomic E-state index is 0.0725. The summed E-state index contributed by atoms with van der Waals surface area (Å²) in [5.41, 5.74) is 1.81. The van der Waals surface area contributed by atoms with Gasteiger partial charge in [-0.1, -0.05) is 18.2 Å². The number of thioether (sulfide) groups is 1. The van der Waals surface area contributed by atoms with Crippen LogP contribution in [0.3, 0.4) is 0 Å². The number of rotatable bonds is 4. The van der Waals surface area contributed by atoms with Gasteiger partial charge in [0, 0.05) is 10.5 Å². The zero-order valence-electron chi connectivity index (χ0n) is 10.1. The summed E-state index contributed by atoms with van der Waals surface area (Å²) in [6.45, 7) is 2.04. The Morgan fingerprint density at radius 1 is 1.11 bits per heavy atom. The lowest BCUT2D eigenvalue weighted by molar-refractivity contribution is 0.102. The quantitative estimate of drug-likeness (QED) is 0.671. The van der Waals surface area contributed by atoms with Gasteiger partial charge < -0.3 is 5.11 Å². The molecule has 0 aliphatic rings. The third kappa shape index (κ3) is 3.14. The van der Waals surface area contributed by atoms with Crippen molar-refractivity contribution in [3.05, 3.63) is 59.7 Å². The lowest BCUT2D eigenvalue weighted by Gasteiger charge is -2.04. The van der Waals surface area contributed by atoms with Crippen molar-refractivity contribution in [2.45, 2.75) is 11.8 Å². The number of carbonyl (C=O) groups excluding carboxylic acids is 1. The molecule has 18 heavy (non-hydrogen) atoms. The lowest BCUT2D eigenvalue weighted by Crippen LogP contribution is -2.01. The van der Waals surface area contributed by atoms with Gasteiger partial charge in [0.2, 0.25) is 0 Å². The van der Waals surface area contributed by atoms with Gasteiger partial charge in [0.1, 0.15) is 5.75 Å². The third-order valence-electron chi connectivity index (χ3n) is 2.64. The molecule has 0 amide bonds. The van der Waals surface area contributed by atoms with Crippen molar-refractivity contribution >= 4 is 17.5 Å². The SMILES string of the molecule is Cc1ccccc1SCC(=O)c1ccc(O)cc1. The van der Waals surface area contributed by atoms with E-state index in [1.807, 2.05) is 31.2 Å². The van der Waals surface area contributed by atoms with Crippen LogP contribution in [-0.2, 0) is 0 Å². The second kappa shape index (κ2) is 5.74. The molecule has 0 aliphatic carbocycles. The molecule has 0 saturated carbocycles. The zero-order valence-corrected chi connectivity index (χ0v) is 10.9. The molecule has 0 unspecified atom stereocenters. The second-order valence-corrected chi connectivity index (χ2v) is 5.04. The lowest BCUT2D eigenvalue weighted by atomic mass is 10.1. The largest absolute Gasteiger partial charge is 0.508 e. The van der Waals surface area contributed by atoms with E-state index < -0.39 is 0 Å². The monoisotopic (exact) mass is 258 g/mol. The molecular formula is C15H14O2S. The van der Waals surface area contributed by atoms with Crippen LogP contribution in [0.2, 0.25) is 0 Å². The van der Waals surface area contributed by atoms with Gasteiger partial charge in [-0.05, 0) is 42.8 Å². The Balaban J connectivity index is 2.01. The van der Waals surface area contributed by atoms with Gasteiger partial charge in [-0.15, -0.1) is 11.8 Å². The van der Waals surface area contributed by atoms with Crippen molar-refractivity contribution in [3.8, 4) is 5.75 Å². The summed E-state index contributed by atoms with van der Waals surface area (Å²) in [5, 5.41) is 9.17. The molecule has 1 N–H and O–H groups in total. The highest BCUT2D eigenvalue weighted by molar-refractivity contribution is 8.00. The van der Waals surface area contributed by atoms with Crippen LogP contribution in [0, 0.1) is 6.92 Å². The van der Waals surface area contributed by atoms with E-state index in [4.69, 9.17) is 5.11 Å². The van der Waals surface area contributed by atoms with Crippen LogP contribution >= 0.6 is 11.8 Å². The van der Waals surface area contributed by atoms with E-state index in [0.717, 1.165) is 4.90 Å². The average molecular weight is 258 g/mol. The standard InChI is InChI=1S/C15H14O2S/c1-11-4-2-3-5-15(11)18-10-14(17)12-6-8-13(16)9-7-12/h2-9,16H,10H2,1H3. The highest BCUT2D eigenvalue weighted by Crippen LogP contribution is 2.23. The van der Waals surface area contributed by atoms with E-state index in [9.17, 15) is 4.79 Å². The predicted octanol–water partition coefficient (Wildman–Crippen LogP) is 3.68. The Bertz CT molecular complexity index is 547. The van der Waals surface area contributed by atoms with Crippen molar-refractivity contribution in [1.29, 1.82) is 0 Å². The number of phenols is 1. The normalized spacial score (nSPS) is 10.3. The number of hydrogen-bond donors (Lipinski definition) is 1. The Morgan fingerprint density at radius 3 is 2.44 bits per heavy atom. The van der Waals surface area contributed by atoms with E-state index in [-0.39, 0.29) is 11.5 Å². The zero-order chi connectivity index (χ0) is 13.0. The van der Waals surface area contributed by atoms with E-state index in [0.29, 0.717) is 11.3 Å². The highest BCUT2D eigenvalue weighted by Gasteiger charge is 2.07. The maximum Gasteiger partial charge on any atom is 0.173 e. The molecule has 0 saturated heterocycles. The number of hydrogen-bond acceptors (Lipinski definition) is 3. The summed E-state index contributed by atoms with van der Waals surface area (Å²) in [6.07, 6.45) is 0. The Hall–Kier alpha value is -1.74. The minimum Gasteiger partial charge on any atom is -0.508 e. The number of carbonyl (C=O) groups is 1. The van der Waals surface area contributed by atoms with Crippen molar-refractivity contribution in [1.82, 2.24) is 0 Å². The molecule has 2 aromatic carbocycles. The molecule has 0 spiro atoms. The van der Waals surface area contributed by atoms with E-state index in [1.54, 1.807) is 23.9 Å². The number of Topliss-reactive ketones (excluding diaryl/α,β-unsaturated/α-hetero) is 1. The molecule has 0 fully saturated rings. The van der Waals surface area contributed by atoms with E-state index >= 15 is 0 Å². The number of ketones is 1. The van der Waals surface area contributed by atoms with E-state index in [1.165, 1.54) is 17.7 Å². The summed E-state index contributed by atoms with van der Waals surface area (Å²) in [7, 11) is 0. The van der Waals surface area contributed by atoms with Gasteiger partial charge >= 0.3 is 0 Å². The highest BCUT2D eigenvalue weighted by atomic mass is 32.2. The summed E-state index contributed by atoms with van der Waals surface area (Å²) in [5.74, 6) is 0.664. The minimum atomic E-state index is 0.0725. The number of aromatic hydroxyl groups is 1. The Labute approximate surface area is 111 Å². The van der Waals surface area contributed by atoms with Gasteiger partial charge in [-0.3, -0.25) is 4.79 Å². The van der Waals surface area contributed by atoms with Crippen molar-refractivity contribution < 1.29 is 9.90 Å². The summed E-state index contributed by atoms with van der Waals surface area (Å²) >= 11 is 1.54. The van der Waals surface area contributed by atoms with Crippen LogP contribution in [0.5, 0.6) is 5.75 Å². The average Bonchev–Trinajstić information content (AvgIpc) is 2.38. The number of aryl methyl sites for hydroxylation is 1. The molecule has 0 aliphatic heterocycles. The first-order chi connectivity index (χ1) is 8.66. The molecule has 2 nitrogen and oxygen atoms in total. The Kier molecular flexibility index (Phi) is 4.05. The number of phenolic OH excluding ortho intramolecular Hbond substituents is 1. The molecule has 0 bridgehead atoms. The fourth-order valence-corrected chi connectivity index (χ4v) is 2.52. The van der Waals surface area contributed by atoms with Gasteiger partial charge in [-0.2, -0.15) is 0 Å². The van der Waals surface area contributed by atoms with Crippen molar-refractivity contribution in [3.63, 3.8) is 0 Å². The molecule has 0 heterocycles. The molecule has 0 aromatic heterocycles. The molecule has 0 radical (unpaired) electrons. The van der Waals surface area contributed by atoms with Crippen LogP contribution in [0.4, 0.5) is 0 Å². The maximum absolute atomic E-state index is 11.9. The van der Waals surface area contributed by atoms with Crippen LogP contribution < -0.4 is 0 Å². The molecular weight excluding hydrogens is 244 g/mol. The summed E-state index contributed by atoms with van der Waals surface area (Å²) in [4.78, 5) is 13.1. The van der Waals surface area contributed by atoms with E-state index in [2.05, 4.69) is 0 Å². The second-order valence-electron chi connectivity index (χ2n) is 4.02. The summed E-state index contributed by atoms with van der Waals surface area (Å²) in [6, 6.07) is 14.4. The summed E-state index contributed by atoms with van der Waals surface area (Å²) < 4.78 is 0. The smallest absolute Gasteiger partial charge is 0.173 e. The van der Waals surface area contributed by atoms with Crippen molar-refractivity contribution in [2.24, 2.45) is 0 Å². The van der Waals surface area contributed by atoms with Gasteiger partial charge in [0.25, 0.3) is 0 Å².